The summed E-state index contributed by atoms with van der Waals surface area (Å²) in [6.07, 6.45) is 1.30. The highest BCUT2D eigenvalue weighted by atomic mass is 16.5. The molecule has 0 spiro atoms. The largest absolute Gasteiger partial charge is 0.493 e. The lowest BCUT2D eigenvalue weighted by Crippen LogP contribution is -2.33. The van der Waals surface area contributed by atoms with Gasteiger partial charge in [0.1, 0.15) is 5.75 Å². The molecule has 4 rings (SSSR count). The van der Waals surface area contributed by atoms with Gasteiger partial charge in [-0.1, -0.05) is 31.2 Å². The molecule has 0 aliphatic carbocycles. The van der Waals surface area contributed by atoms with Crippen LogP contribution in [0.25, 0.3) is 21.9 Å². The highest BCUT2D eigenvalue weighted by Gasteiger charge is 2.34. The monoisotopic (exact) mass is 449 g/mol. The van der Waals surface area contributed by atoms with E-state index < -0.39 is 17.7 Å². The van der Waals surface area contributed by atoms with Crippen molar-refractivity contribution in [3.63, 3.8) is 0 Å². The summed E-state index contributed by atoms with van der Waals surface area (Å²) < 4.78 is 13.4. The second-order valence-electron chi connectivity index (χ2n) is 9.49. The second-order valence-corrected chi connectivity index (χ2v) is 9.49. The molecule has 3 aromatic rings. The number of carbonyl (C=O) groups is 1. The summed E-state index contributed by atoms with van der Waals surface area (Å²) in [6.45, 7) is 8.24. The standard InChI is InChI=1S/C27H31NO5/c1-6-16-17-12-9-15-32-21(17)14-13-19(16)22-18-10-7-8-11-20(18)25(29)28(5)23(22)24(26(30)31)33-27(2,3)4/h7-8,10-11,13-14,24H,6,9,12,15H2,1-5H3,(H,30,31). The van der Waals surface area contributed by atoms with Crippen LogP contribution < -0.4 is 10.3 Å². The zero-order valence-electron chi connectivity index (χ0n) is 19.9. The molecule has 0 saturated heterocycles. The van der Waals surface area contributed by atoms with E-state index in [1.807, 2.05) is 51.1 Å². The van der Waals surface area contributed by atoms with E-state index in [1.165, 1.54) is 4.57 Å². The first-order valence-electron chi connectivity index (χ1n) is 11.4. The van der Waals surface area contributed by atoms with Gasteiger partial charge in [-0.05, 0) is 74.2 Å². The van der Waals surface area contributed by atoms with Crippen molar-refractivity contribution in [2.75, 3.05) is 6.61 Å². The van der Waals surface area contributed by atoms with Crippen LogP contribution in [0.1, 0.15) is 57.0 Å². The van der Waals surface area contributed by atoms with Gasteiger partial charge in [0.25, 0.3) is 5.56 Å². The molecule has 1 unspecified atom stereocenters. The molecule has 2 aromatic carbocycles. The predicted octanol–water partition coefficient (Wildman–Crippen LogP) is 5.03. The van der Waals surface area contributed by atoms with Crippen molar-refractivity contribution in [2.24, 2.45) is 7.05 Å². The van der Waals surface area contributed by atoms with E-state index in [9.17, 15) is 14.7 Å². The first-order chi connectivity index (χ1) is 15.6. The zero-order chi connectivity index (χ0) is 23.9. The molecule has 174 valence electrons. The molecule has 33 heavy (non-hydrogen) atoms. The normalized spacial score (nSPS) is 14.6. The first-order valence-corrected chi connectivity index (χ1v) is 11.4. The molecule has 1 aliphatic heterocycles. The highest BCUT2D eigenvalue weighted by molar-refractivity contribution is 5.99. The summed E-state index contributed by atoms with van der Waals surface area (Å²) >= 11 is 0. The molecule has 0 bridgehead atoms. The van der Waals surface area contributed by atoms with Crippen molar-refractivity contribution in [3.8, 4) is 16.9 Å². The number of fused-ring (bicyclic) bond motifs is 2. The van der Waals surface area contributed by atoms with Crippen LogP contribution in [0, 0.1) is 0 Å². The topological polar surface area (TPSA) is 77.8 Å². The number of carboxylic acid groups (broad SMARTS) is 1. The Balaban J connectivity index is 2.15. The number of ether oxygens (including phenoxy) is 2. The highest BCUT2D eigenvalue weighted by Crippen LogP contribution is 2.42. The number of pyridine rings is 1. The van der Waals surface area contributed by atoms with Gasteiger partial charge in [-0.3, -0.25) is 4.79 Å². The lowest BCUT2D eigenvalue weighted by Gasteiger charge is -2.30. The van der Waals surface area contributed by atoms with Gasteiger partial charge in [0.15, 0.2) is 6.10 Å². The number of hydrogen-bond donors (Lipinski definition) is 1. The van der Waals surface area contributed by atoms with Crippen LogP contribution in [0.5, 0.6) is 5.75 Å². The second kappa shape index (κ2) is 8.67. The van der Waals surface area contributed by atoms with E-state index in [0.717, 1.165) is 52.7 Å². The third-order valence-corrected chi connectivity index (χ3v) is 6.13. The van der Waals surface area contributed by atoms with Crippen molar-refractivity contribution >= 4 is 16.7 Å². The number of hydrogen-bond acceptors (Lipinski definition) is 4. The fourth-order valence-electron chi connectivity index (χ4n) is 4.80. The van der Waals surface area contributed by atoms with Crippen LogP contribution in [0.2, 0.25) is 0 Å². The van der Waals surface area contributed by atoms with Gasteiger partial charge < -0.3 is 19.1 Å². The molecule has 0 saturated carbocycles. The van der Waals surface area contributed by atoms with Crippen LogP contribution in [-0.4, -0.2) is 27.9 Å². The molecule has 2 heterocycles. The van der Waals surface area contributed by atoms with E-state index in [4.69, 9.17) is 9.47 Å². The van der Waals surface area contributed by atoms with Crippen LogP contribution in [0.15, 0.2) is 41.2 Å². The minimum Gasteiger partial charge on any atom is -0.493 e. The molecule has 1 aromatic heterocycles. The summed E-state index contributed by atoms with van der Waals surface area (Å²) in [5.41, 5.74) is 3.33. The van der Waals surface area contributed by atoms with Crippen LogP contribution in [0.3, 0.4) is 0 Å². The maximum absolute atomic E-state index is 13.3. The van der Waals surface area contributed by atoms with E-state index in [2.05, 4.69) is 6.92 Å². The SMILES string of the molecule is CCc1c(-c2c(C(OC(C)(C)C)C(=O)O)n(C)c(=O)c3ccccc23)ccc2c1CCCO2. The molecule has 1 atom stereocenters. The van der Waals surface area contributed by atoms with Gasteiger partial charge in [-0.15, -0.1) is 0 Å². The van der Waals surface area contributed by atoms with E-state index in [0.29, 0.717) is 17.7 Å². The van der Waals surface area contributed by atoms with Gasteiger partial charge in [0, 0.05) is 18.0 Å². The third-order valence-electron chi connectivity index (χ3n) is 6.13. The average molecular weight is 450 g/mol. The Morgan fingerprint density at radius 2 is 1.88 bits per heavy atom. The maximum atomic E-state index is 13.3. The minimum atomic E-state index is -1.31. The predicted molar refractivity (Wildman–Crippen MR) is 129 cm³/mol. The summed E-state index contributed by atoms with van der Waals surface area (Å²) in [5, 5.41) is 11.5. The lowest BCUT2D eigenvalue weighted by molar-refractivity contribution is -0.161. The van der Waals surface area contributed by atoms with Crippen LogP contribution in [-0.2, 0) is 29.4 Å². The van der Waals surface area contributed by atoms with Crippen LogP contribution >= 0.6 is 0 Å². The van der Waals surface area contributed by atoms with Gasteiger partial charge in [0.05, 0.1) is 17.9 Å². The van der Waals surface area contributed by atoms with Crippen molar-refractivity contribution in [1.29, 1.82) is 0 Å². The van der Waals surface area contributed by atoms with Crippen molar-refractivity contribution in [3.05, 3.63) is 63.6 Å². The number of carboxylic acids is 1. The average Bonchev–Trinajstić information content (AvgIpc) is 2.78. The molecular weight excluding hydrogens is 418 g/mol. The fraction of sp³-hybridized carbons (Fsp3) is 0.407. The zero-order valence-corrected chi connectivity index (χ0v) is 19.9. The Morgan fingerprint density at radius 1 is 1.18 bits per heavy atom. The van der Waals surface area contributed by atoms with Crippen molar-refractivity contribution < 1.29 is 19.4 Å². The smallest absolute Gasteiger partial charge is 0.339 e. The number of nitrogens with zero attached hydrogens (tertiary/aromatic N) is 1. The number of benzene rings is 2. The molecular formula is C27H31NO5. The van der Waals surface area contributed by atoms with Crippen molar-refractivity contribution in [1.82, 2.24) is 4.57 Å². The Kier molecular flexibility index (Phi) is 6.06. The fourth-order valence-corrected chi connectivity index (χ4v) is 4.80. The lowest BCUT2D eigenvalue weighted by atomic mass is 9.86. The summed E-state index contributed by atoms with van der Waals surface area (Å²) in [7, 11) is 1.63. The van der Waals surface area contributed by atoms with Gasteiger partial charge in [-0.25, -0.2) is 4.79 Å². The molecule has 0 fully saturated rings. The van der Waals surface area contributed by atoms with Crippen LogP contribution in [0.4, 0.5) is 0 Å². The number of aliphatic carboxylic acids is 1. The van der Waals surface area contributed by atoms with Gasteiger partial charge in [0.2, 0.25) is 0 Å². The summed E-state index contributed by atoms with van der Waals surface area (Å²) in [4.78, 5) is 25.8. The quantitative estimate of drug-likeness (QED) is 0.591. The summed E-state index contributed by atoms with van der Waals surface area (Å²) in [6, 6.07) is 11.3. The van der Waals surface area contributed by atoms with Crippen molar-refractivity contribution in [2.45, 2.75) is 58.7 Å². The van der Waals surface area contributed by atoms with Gasteiger partial charge in [-0.2, -0.15) is 0 Å². The molecule has 1 N–H and O–H groups in total. The molecule has 6 heteroatoms. The Hall–Kier alpha value is -3.12. The first kappa shape index (κ1) is 23.1. The van der Waals surface area contributed by atoms with E-state index in [-0.39, 0.29) is 5.56 Å². The molecule has 1 aliphatic rings. The number of aromatic nitrogens is 1. The Labute approximate surface area is 193 Å². The maximum Gasteiger partial charge on any atom is 0.339 e. The molecule has 0 radical (unpaired) electrons. The van der Waals surface area contributed by atoms with E-state index >= 15 is 0 Å². The van der Waals surface area contributed by atoms with Gasteiger partial charge >= 0.3 is 5.97 Å². The molecule has 0 amide bonds. The number of rotatable bonds is 5. The Bertz CT molecular complexity index is 1280. The minimum absolute atomic E-state index is 0.243. The summed E-state index contributed by atoms with van der Waals surface area (Å²) in [5.74, 6) is -0.242. The third kappa shape index (κ3) is 4.15. The Morgan fingerprint density at radius 3 is 2.52 bits per heavy atom. The van der Waals surface area contributed by atoms with E-state index in [1.54, 1.807) is 13.1 Å². The molecule has 6 nitrogen and oxygen atoms in total.